The van der Waals surface area contributed by atoms with Gasteiger partial charge in [-0.05, 0) is 38.4 Å². The number of nitrogens with one attached hydrogen (secondary N) is 1. The summed E-state index contributed by atoms with van der Waals surface area (Å²) in [5, 5.41) is 12.6. The zero-order valence-corrected chi connectivity index (χ0v) is 10.9. The Labute approximate surface area is 106 Å². The molecular weight excluding hydrogens is 238 g/mol. The Balaban J connectivity index is 1.89. The van der Waals surface area contributed by atoms with E-state index in [0.717, 1.165) is 19.3 Å². The summed E-state index contributed by atoms with van der Waals surface area (Å²) in [6, 6.07) is 0.172. The van der Waals surface area contributed by atoms with Crippen LogP contribution in [0.4, 0.5) is 0 Å². The zero-order valence-electron chi connectivity index (χ0n) is 10.1. The third-order valence-corrected chi connectivity index (χ3v) is 4.98. The van der Waals surface area contributed by atoms with Gasteiger partial charge in [-0.2, -0.15) is 11.8 Å². The molecule has 2 aliphatic carbocycles. The molecule has 96 valence electrons. The Morgan fingerprint density at radius 3 is 2.59 bits per heavy atom. The van der Waals surface area contributed by atoms with E-state index >= 15 is 0 Å². The van der Waals surface area contributed by atoms with Crippen molar-refractivity contribution in [3.63, 3.8) is 0 Å². The van der Waals surface area contributed by atoms with E-state index in [-0.39, 0.29) is 11.9 Å². The first-order valence-corrected chi connectivity index (χ1v) is 7.44. The lowest BCUT2D eigenvalue weighted by atomic mass is 9.94. The fourth-order valence-corrected chi connectivity index (χ4v) is 3.30. The monoisotopic (exact) mass is 257 g/mol. The molecule has 4 nitrogen and oxygen atoms in total. The molecule has 0 aromatic heterocycles. The molecule has 0 aromatic carbocycles. The summed E-state index contributed by atoms with van der Waals surface area (Å²) < 4.78 is 0. The van der Waals surface area contributed by atoms with Crippen LogP contribution >= 0.6 is 11.8 Å². The topological polar surface area (TPSA) is 66.4 Å². The van der Waals surface area contributed by atoms with E-state index in [1.165, 1.54) is 6.42 Å². The van der Waals surface area contributed by atoms with Crippen LogP contribution in [0.1, 0.15) is 38.5 Å². The van der Waals surface area contributed by atoms with Crippen molar-refractivity contribution < 1.29 is 14.7 Å². The van der Waals surface area contributed by atoms with Gasteiger partial charge in [-0.15, -0.1) is 0 Å². The quantitative estimate of drug-likeness (QED) is 0.751. The Morgan fingerprint density at radius 1 is 1.35 bits per heavy atom. The van der Waals surface area contributed by atoms with Gasteiger partial charge in [0.05, 0.1) is 0 Å². The summed E-state index contributed by atoms with van der Waals surface area (Å²) in [4.78, 5) is 23.0. The van der Waals surface area contributed by atoms with E-state index in [0.29, 0.717) is 18.1 Å². The molecule has 2 aliphatic rings. The van der Waals surface area contributed by atoms with E-state index < -0.39 is 11.4 Å². The van der Waals surface area contributed by atoms with Crippen LogP contribution in [-0.4, -0.2) is 34.5 Å². The van der Waals surface area contributed by atoms with E-state index in [2.05, 4.69) is 11.6 Å². The van der Waals surface area contributed by atoms with Gasteiger partial charge in [0.2, 0.25) is 5.91 Å². The van der Waals surface area contributed by atoms with Crippen LogP contribution in [0.15, 0.2) is 0 Å². The van der Waals surface area contributed by atoms with Gasteiger partial charge < -0.3 is 10.4 Å². The van der Waals surface area contributed by atoms with Crippen LogP contribution in [0.3, 0.4) is 0 Å². The Bertz CT molecular complexity index is 328. The molecule has 0 unspecified atom stereocenters. The van der Waals surface area contributed by atoms with Crippen molar-refractivity contribution in [2.75, 3.05) is 6.26 Å². The first-order chi connectivity index (χ1) is 8.08. The SMILES string of the molecule is CS[C@@H]1CCC[C@@H](NC(=O)C2(C(=O)O)CC2)C1. The number of carbonyl (C=O) groups excluding carboxylic acids is 1. The van der Waals surface area contributed by atoms with E-state index in [1.54, 1.807) is 0 Å². The molecule has 0 heterocycles. The van der Waals surface area contributed by atoms with Gasteiger partial charge in [0.25, 0.3) is 0 Å². The number of rotatable bonds is 4. The standard InChI is InChI=1S/C12H19NO3S/c1-17-9-4-2-3-8(7-9)13-10(14)12(5-6-12)11(15)16/h8-9H,2-7H2,1H3,(H,13,14)(H,15,16)/t8-,9-/m1/s1. The van der Waals surface area contributed by atoms with Crippen LogP contribution in [0.25, 0.3) is 0 Å². The minimum atomic E-state index is -1.09. The molecule has 2 saturated carbocycles. The summed E-state index contributed by atoms with van der Waals surface area (Å²) in [6.45, 7) is 0. The number of aliphatic carboxylic acids is 1. The molecule has 1 amide bonds. The molecular formula is C12H19NO3S. The Morgan fingerprint density at radius 2 is 2.06 bits per heavy atom. The van der Waals surface area contributed by atoms with Gasteiger partial charge in [0, 0.05) is 11.3 Å². The van der Waals surface area contributed by atoms with Crippen molar-refractivity contribution in [2.24, 2.45) is 5.41 Å². The molecule has 2 N–H and O–H groups in total. The highest BCUT2D eigenvalue weighted by molar-refractivity contribution is 7.99. The van der Waals surface area contributed by atoms with Gasteiger partial charge in [0.15, 0.2) is 0 Å². The van der Waals surface area contributed by atoms with E-state index in [1.807, 2.05) is 11.8 Å². The smallest absolute Gasteiger partial charge is 0.319 e. The maximum atomic E-state index is 11.9. The fourth-order valence-electron chi connectivity index (χ4n) is 2.48. The molecule has 0 saturated heterocycles. The Hall–Kier alpha value is -0.710. The summed E-state index contributed by atoms with van der Waals surface area (Å²) in [6.07, 6.45) is 7.36. The van der Waals surface area contributed by atoms with Crippen LogP contribution in [0.2, 0.25) is 0 Å². The molecule has 2 rings (SSSR count). The van der Waals surface area contributed by atoms with Gasteiger partial charge >= 0.3 is 5.97 Å². The van der Waals surface area contributed by atoms with E-state index in [4.69, 9.17) is 5.11 Å². The van der Waals surface area contributed by atoms with Crippen molar-refractivity contribution in [1.29, 1.82) is 0 Å². The van der Waals surface area contributed by atoms with Crippen LogP contribution in [-0.2, 0) is 9.59 Å². The average Bonchev–Trinajstić information content (AvgIpc) is 3.10. The number of carboxylic acids is 1. The van der Waals surface area contributed by atoms with Gasteiger partial charge in [-0.3, -0.25) is 9.59 Å². The number of hydrogen-bond acceptors (Lipinski definition) is 3. The maximum Gasteiger partial charge on any atom is 0.319 e. The summed E-state index contributed by atoms with van der Waals surface area (Å²) in [5.41, 5.74) is -1.09. The van der Waals surface area contributed by atoms with Crippen molar-refractivity contribution in [1.82, 2.24) is 5.32 Å². The highest BCUT2D eigenvalue weighted by atomic mass is 32.2. The van der Waals surface area contributed by atoms with Gasteiger partial charge in [-0.1, -0.05) is 6.42 Å². The van der Waals surface area contributed by atoms with Crippen LogP contribution in [0.5, 0.6) is 0 Å². The van der Waals surface area contributed by atoms with Crippen molar-refractivity contribution in [3.8, 4) is 0 Å². The summed E-state index contributed by atoms with van der Waals surface area (Å²) in [7, 11) is 0. The molecule has 2 atom stereocenters. The number of carboxylic acid groups (broad SMARTS) is 1. The zero-order chi connectivity index (χ0) is 12.5. The number of hydrogen-bond donors (Lipinski definition) is 2. The number of amides is 1. The van der Waals surface area contributed by atoms with Crippen molar-refractivity contribution >= 4 is 23.6 Å². The molecule has 0 spiro atoms. The molecule has 5 heteroatoms. The third-order valence-electron chi connectivity index (χ3n) is 3.89. The molecule has 17 heavy (non-hydrogen) atoms. The van der Waals surface area contributed by atoms with Crippen LogP contribution in [0, 0.1) is 5.41 Å². The Kier molecular flexibility index (Phi) is 3.66. The first kappa shape index (κ1) is 12.7. The van der Waals surface area contributed by atoms with Crippen LogP contribution < -0.4 is 5.32 Å². The number of thioether (sulfide) groups is 1. The predicted octanol–water partition coefficient (Wildman–Crippen LogP) is 1.64. The predicted molar refractivity (Wildman–Crippen MR) is 67.0 cm³/mol. The lowest BCUT2D eigenvalue weighted by Gasteiger charge is -2.29. The minimum Gasteiger partial charge on any atom is -0.480 e. The van der Waals surface area contributed by atoms with Crippen molar-refractivity contribution in [2.45, 2.75) is 49.8 Å². The first-order valence-electron chi connectivity index (χ1n) is 6.15. The lowest BCUT2D eigenvalue weighted by Crippen LogP contribution is -2.45. The van der Waals surface area contributed by atoms with Crippen molar-refractivity contribution in [3.05, 3.63) is 0 Å². The lowest BCUT2D eigenvalue weighted by molar-refractivity contribution is -0.149. The summed E-state index contributed by atoms with van der Waals surface area (Å²) in [5.74, 6) is -1.23. The van der Waals surface area contributed by atoms with Gasteiger partial charge in [0.1, 0.15) is 5.41 Å². The minimum absolute atomic E-state index is 0.172. The molecule has 0 aromatic rings. The summed E-state index contributed by atoms with van der Waals surface area (Å²) >= 11 is 1.84. The average molecular weight is 257 g/mol. The highest BCUT2D eigenvalue weighted by Gasteiger charge is 2.57. The molecule has 2 fully saturated rings. The van der Waals surface area contributed by atoms with E-state index in [9.17, 15) is 9.59 Å². The number of carbonyl (C=O) groups is 2. The normalized spacial score (nSPS) is 30.6. The second-order valence-corrected chi connectivity index (χ2v) is 6.22. The van der Waals surface area contributed by atoms with Gasteiger partial charge in [-0.25, -0.2) is 0 Å². The largest absolute Gasteiger partial charge is 0.480 e. The maximum absolute atomic E-state index is 11.9. The second-order valence-electron chi connectivity index (χ2n) is 5.08. The third kappa shape index (κ3) is 2.59. The molecule has 0 radical (unpaired) electrons. The highest BCUT2D eigenvalue weighted by Crippen LogP contribution is 2.46. The molecule has 0 bridgehead atoms. The fraction of sp³-hybridized carbons (Fsp3) is 0.833. The molecule has 0 aliphatic heterocycles. The second kappa shape index (κ2) is 4.88.